The number of nitrogens with one attached hydrogen (secondary N) is 1. The van der Waals surface area contributed by atoms with E-state index < -0.39 is 10.0 Å². The molecule has 1 aromatic heterocycles. The minimum Gasteiger partial charge on any atom is -0.278 e. The molecule has 0 aliphatic carbocycles. The SMILES string of the molecule is O=S(=O)(Nc1ccc(Cl)cc1Cl)c1cc(Br)cnc1Cl. The van der Waals surface area contributed by atoms with Crippen molar-refractivity contribution in [2.24, 2.45) is 0 Å². The summed E-state index contributed by atoms with van der Waals surface area (Å²) in [5.74, 6) is 0. The normalized spacial score (nSPS) is 11.4. The minimum absolute atomic E-state index is 0.134. The Kier molecular flexibility index (Phi) is 4.81. The molecule has 0 aliphatic heterocycles. The van der Waals surface area contributed by atoms with E-state index in [2.05, 4.69) is 25.6 Å². The Hall–Kier alpha value is -0.530. The molecular formula is C11H6BrCl3N2O2S. The van der Waals surface area contributed by atoms with Crippen molar-refractivity contribution in [2.45, 2.75) is 4.90 Å². The maximum absolute atomic E-state index is 12.3. The van der Waals surface area contributed by atoms with Crippen LogP contribution in [0.4, 0.5) is 5.69 Å². The number of pyridine rings is 1. The van der Waals surface area contributed by atoms with Crippen LogP contribution in [0.3, 0.4) is 0 Å². The summed E-state index contributed by atoms with van der Waals surface area (Å²) in [6, 6.07) is 5.76. The summed E-state index contributed by atoms with van der Waals surface area (Å²) in [5.41, 5.74) is 0.201. The highest BCUT2D eigenvalue weighted by atomic mass is 79.9. The van der Waals surface area contributed by atoms with Crippen molar-refractivity contribution in [3.63, 3.8) is 0 Å². The zero-order valence-corrected chi connectivity index (χ0v) is 14.2. The third kappa shape index (κ3) is 3.56. The van der Waals surface area contributed by atoms with Gasteiger partial charge in [-0.1, -0.05) is 34.8 Å². The lowest BCUT2D eigenvalue weighted by molar-refractivity contribution is 0.601. The van der Waals surface area contributed by atoms with Gasteiger partial charge >= 0.3 is 0 Å². The fraction of sp³-hybridized carbons (Fsp3) is 0. The first-order chi connectivity index (χ1) is 9.29. The van der Waals surface area contributed by atoms with E-state index in [4.69, 9.17) is 34.8 Å². The van der Waals surface area contributed by atoms with Crippen LogP contribution >= 0.6 is 50.7 Å². The molecule has 0 unspecified atom stereocenters. The van der Waals surface area contributed by atoms with Gasteiger partial charge in [0.1, 0.15) is 10.0 Å². The first kappa shape index (κ1) is 15.9. The quantitative estimate of drug-likeness (QED) is 0.744. The Morgan fingerprint density at radius 2 is 1.85 bits per heavy atom. The maximum atomic E-state index is 12.3. The second kappa shape index (κ2) is 6.07. The summed E-state index contributed by atoms with van der Waals surface area (Å²) in [6.45, 7) is 0. The summed E-state index contributed by atoms with van der Waals surface area (Å²) in [7, 11) is -3.90. The van der Waals surface area contributed by atoms with Gasteiger partial charge in [0, 0.05) is 15.7 Å². The number of halogens is 4. The van der Waals surface area contributed by atoms with E-state index in [0.29, 0.717) is 9.50 Å². The van der Waals surface area contributed by atoms with Crippen molar-refractivity contribution >= 4 is 66.4 Å². The summed E-state index contributed by atoms with van der Waals surface area (Å²) < 4.78 is 27.4. The molecule has 2 rings (SSSR count). The van der Waals surface area contributed by atoms with Crippen LogP contribution in [0.25, 0.3) is 0 Å². The molecule has 106 valence electrons. The third-order valence-electron chi connectivity index (χ3n) is 2.24. The van der Waals surface area contributed by atoms with Crippen molar-refractivity contribution in [1.29, 1.82) is 0 Å². The van der Waals surface area contributed by atoms with Gasteiger partial charge in [0.25, 0.3) is 10.0 Å². The highest BCUT2D eigenvalue weighted by Crippen LogP contribution is 2.29. The van der Waals surface area contributed by atoms with Gasteiger partial charge < -0.3 is 0 Å². The predicted octanol–water partition coefficient (Wildman–Crippen LogP) is 4.61. The van der Waals surface area contributed by atoms with Gasteiger partial charge in [-0.3, -0.25) is 4.72 Å². The molecule has 0 fully saturated rings. The van der Waals surface area contributed by atoms with E-state index in [9.17, 15) is 8.42 Å². The molecule has 1 heterocycles. The van der Waals surface area contributed by atoms with Gasteiger partial charge in [-0.05, 0) is 40.2 Å². The number of sulfonamides is 1. The average molecular weight is 417 g/mol. The number of hydrogen-bond donors (Lipinski definition) is 1. The molecule has 1 aromatic carbocycles. The van der Waals surface area contributed by atoms with E-state index >= 15 is 0 Å². The van der Waals surface area contributed by atoms with Crippen LogP contribution in [0.15, 0.2) is 39.8 Å². The molecule has 20 heavy (non-hydrogen) atoms. The van der Waals surface area contributed by atoms with Crippen molar-refractivity contribution in [1.82, 2.24) is 4.98 Å². The molecule has 0 spiro atoms. The van der Waals surface area contributed by atoms with Crippen LogP contribution < -0.4 is 4.72 Å². The largest absolute Gasteiger partial charge is 0.278 e. The van der Waals surface area contributed by atoms with Gasteiger partial charge in [-0.2, -0.15) is 0 Å². The number of benzene rings is 1. The first-order valence-corrected chi connectivity index (χ1v) is 8.49. The molecule has 0 saturated carbocycles. The number of hydrogen-bond acceptors (Lipinski definition) is 3. The van der Waals surface area contributed by atoms with E-state index in [1.807, 2.05) is 0 Å². The summed E-state index contributed by atoms with van der Waals surface area (Å²) in [6.07, 6.45) is 1.40. The lowest BCUT2D eigenvalue weighted by Crippen LogP contribution is -2.14. The zero-order valence-electron chi connectivity index (χ0n) is 9.57. The van der Waals surface area contributed by atoms with Gasteiger partial charge in [0.15, 0.2) is 0 Å². The Morgan fingerprint density at radius 3 is 2.50 bits per heavy atom. The summed E-state index contributed by atoms with van der Waals surface area (Å²) >= 11 is 20.6. The molecule has 0 aliphatic rings. The molecule has 0 saturated heterocycles. The van der Waals surface area contributed by atoms with Gasteiger partial charge in [-0.25, -0.2) is 13.4 Å². The number of anilines is 1. The van der Waals surface area contributed by atoms with Crippen molar-refractivity contribution in [3.05, 3.63) is 50.1 Å². The summed E-state index contributed by atoms with van der Waals surface area (Å²) in [4.78, 5) is 3.62. The first-order valence-electron chi connectivity index (χ1n) is 5.08. The number of rotatable bonds is 3. The zero-order chi connectivity index (χ0) is 14.9. The van der Waals surface area contributed by atoms with Crippen LogP contribution in [0, 0.1) is 0 Å². The molecule has 1 N–H and O–H groups in total. The van der Waals surface area contributed by atoms with Crippen LogP contribution in [0.2, 0.25) is 15.2 Å². The Labute approximate surface area is 139 Å². The van der Waals surface area contributed by atoms with Gasteiger partial charge in [-0.15, -0.1) is 0 Å². The molecule has 0 atom stereocenters. The average Bonchev–Trinajstić information content (AvgIpc) is 2.35. The molecule has 0 bridgehead atoms. The van der Waals surface area contributed by atoms with Crippen LogP contribution in [-0.2, 0) is 10.0 Å². The standard InChI is InChI=1S/C11H6BrCl3N2O2S/c12-6-3-10(11(15)16-5-6)20(18,19)17-9-2-1-7(13)4-8(9)14/h1-5,17H. The van der Waals surface area contributed by atoms with Crippen molar-refractivity contribution in [2.75, 3.05) is 4.72 Å². The fourth-order valence-corrected chi connectivity index (χ4v) is 3.90. The van der Waals surface area contributed by atoms with E-state index in [1.54, 1.807) is 0 Å². The third-order valence-corrected chi connectivity index (χ3v) is 5.01. The molecule has 2 aromatic rings. The Balaban J connectivity index is 2.43. The molecule has 0 radical (unpaired) electrons. The second-order valence-corrected chi connectivity index (χ2v) is 7.44. The Bertz CT molecular complexity index is 768. The summed E-state index contributed by atoms with van der Waals surface area (Å²) in [5, 5.41) is 0.450. The smallest absolute Gasteiger partial charge is 0.265 e. The van der Waals surface area contributed by atoms with Crippen LogP contribution in [0.1, 0.15) is 0 Å². The Morgan fingerprint density at radius 1 is 1.15 bits per heavy atom. The van der Waals surface area contributed by atoms with Crippen molar-refractivity contribution < 1.29 is 8.42 Å². The maximum Gasteiger partial charge on any atom is 0.265 e. The monoisotopic (exact) mass is 414 g/mol. The second-order valence-electron chi connectivity index (χ2n) is 3.67. The molecular weight excluding hydrogens is 410 g/mol. The predicted molar refractivity (Wildman–Crippen MR) is 84.2 cm³/mol. The molecule has 4 nitrogen and oxygen atoms in total. The minimum atomic E-state index is -3.90. The van der Waals surface area contributed by atoms with Crippen LogP contribution in [0.5, 0.6) is 0 Å². The van der Waals surface area contributed by atoms with Gasteiger partial charge in [0.2, 0.25) is 0 Å². The van der Waals surface area contributed by atoms with Gasteiger partial charge in [0.05, 0.1) is 10.7 Å². The van der Waals surface area contributed by atoms with Crippen LogP contribution in [-0.4, -0.2) is 13.4 Å². The van der Waals surface area contributed by atoms with E-state index in [-0.39, 0.29) is 20.8 Å². The topological polar surface area (TPSA) is 59.1 Å². The number of aromatic nitrogens is 1. The van der Waals surface area contributed by atoms with E-state index in [1.165, 1.54) is 30.5 Å². The fourth-order valence-electron chi connectivity index (χ4n) is 1.36. The highest BCUT2D eigenvalue weighted by molar-refractivity contribution is 9.10. The van der Waals surface area contributed by atoms with Crippen molar-refractivity contribution in [3.8, 4) is 0 Å². The molecule has 9 heteroatoms. The number of nitrogens with zero attached hydrogens (tertiary/aromatic N) is 1. The molecule has 0 amide bonds. The lowest BCUT2D eigenvalue weighted by atomic mass is 10.3. The van der Waals surface area contributed by atoms with E-state index in [0.717, 1.165) is 0 Å². The lowest BCUT2D eigenvalue weighted by Gasteiger charge is -2.10. The highest BCUT2D eigenvalue weighted by Gasteiger charge is 2.20.